The Morgan fingerprint density at radius 1 is 0.886 bits per heavy atom. The molecule has 0 unspecified atom stereocenters. The van der Waals surface area contributed by atoms with E-state index in [0.717, 1.165) is 42.9 Å². The van der Waals surface area contributed by atoms with Crippen LogP contribution in [0.3, 0.4) is 0 Å². The van der Waals surface area contributed by atoms with E-state index in [-0.39, 0.29) is 21.4 Å². The van der Waals surface area contributed by atoms with Gasteiger partial charge in [-0.05, 0) is 112 Å². The molecule has 5 aromatic rings. The summed E-state index contributed by atoms with van der Waals surface area (Å²) in [5, 5.41) is 10.9. The molecule has 3 N–H and O–H groups in total. The summed E-state index contributed by atoms with van der Waals surface area (Å²) in [5.74, 6) is 0.380. The number of hydrogen-bond donors (Lipinski definition) is 3. The summed E-state index contributed by atoms with van der Waals surface area (Å²) in [6.07, 6.45) is 3.89. The first-order chi connectivity index (χ1) is 21.2. The highest BCUT2D eigenvalue weighted by Crippen LogP contribution is 2.30. The Labute approximate surface area is 257 Å². The minimum Gasteiger partial charge on any atom is -0.382 e. The maximum absolute atomic E-state index is 14.0. The predicted octanol–water partition coefficient (Wildman–Crippen LogP) is 6.09. The molecule has 1 aliphatic heterocycles. The summed E-state index contributed by atoms with van der Waals surface area (Å²) in [5.41, 5.74) is 3.91. The fourth-order valence-electron chi connectivity index (χ4n) is 5.63. The van der Waals surface area contributed by atoms with E-state index in [2.05, 4.69) is 20.9 Å². The summed E-state index contributed by atoms with van der Waals surface area (Å²) in [4.78, 5) is 23.6. The number of benzene rings is 3. The van der Waals surface area contributed by atoms with Crippen molar-refractivity contribution in [2.75, 3.05) is 23.7 Å². The van der Waals surface area contributed by atoms with Gasteiger partial charge in [0.05, 0.1) is 9.79 Å². The van der Waals surface area contributed by atoms with Crippen molar-refractivity contribution in [2.24, 2.45) is 0 Å². The average molecular weight is 609 g/mol. The molecule has 10 heteroatoms. The van der Waals surface area contributed by atoms with Gasteiger partial charge in [0.2, 0.25) is 15.8 Å². The molecule has 0 atom stereocenters. The maximum Gasteiger partial charge on any atom is 0.260 e. The molecule has 226 valence electrons. The van der Waals surface area contributed by atoms with E-state index in [1.54, 1.807) is 65.4 Å². The van der Waals surface area contributed by atoms with Crippen LogP contribution in [0.25, 0.3) is 22.2 Å². The molecule has 6 rings (SSSR count). The van der Waals surface area contributed by atoms with Gasteiger partial charge in [-0.25, -0.2) is 13.4 Å². The van der Waals surface area contributed by atoms with Gasteiger partial charge >= 0.3 is 0 Å². The monoisotopic (exact) mass is 608 g/mol. The summed E-state index contributed by atoms with van der Waals surface area (Å²) >= 11 is 0. The lowest BCUT2D eigenvalue weighted by atomic mass is 10.0. The molecule has 0 amide bonds. The Kier molecular flexibility index (Phi) is 8.20. The van der Waals surface area contributed by atoms with Gasteiger partial charge in [-0.1, -0.05) is 24.3 Å². The van der Waals surface area contributed by atoms with E-state index in [4.69, 9.17) is 4.98 Å². The van der Waals surface area contributed by atoms with Crippen molar-refractivity contribution in [2.45, 2.75) is 55.5 Å². The second-order valence-electron chi connectivity index (χ2n) is 11.5. The van der Waals surface area contributed by atoms with Crippen LogP contribution in [0, 0.1) is 6.92 Å². The van der Waals surface area contributed by atoms with E-state index < -0.39 is 9.84 Å². The van der Waals surface area contributed by atoms with Crippen LogP contribution in [0.15, 0.2) is 99.6 Å². The maximum atomic E-state index is 14.0. The summed E-state index contributed by atoms with van der Waals surface area (Å²) < 4.78 is 28.4. The molecule has 3 heterocycles. The molecular formula is C34H36N6O3S. The van der Waals surface area contributed by atoms with Crippen molar-refractivity contribution in [3.05, 3.63) is 101 Å². The van der Waals surface area contributed by atoms with Crippen molar-refractivity contribution >= 4 is 38.2 Å². The van der Waals surface area contributed by atoms with Gasteiger partial charge in [-0.2, -0.15) is 4.98 Å². The molecule has 1 saturated heterocycles. The highest BCUT2D eigenvalue weighted by molar-refractivity contribution is 7.91. The van der Waals surface area contributed by atoms with Gasteiger partial charge in [-0.15, -0.1) is 0 Å². The van der Waals surface area contributed by atoms with Crippen LogP contribution in [0.5, 0.6) is 0 Å². The fourth-order valence-corrected chi connectivity index (χ4v) is 6.94. The third kappa shape index (κ3) is 5.95. The number of hydrogen-bond acceptors (Lipinski definition) is 8. The van der Waals surface area contributed by atoms with E-state index in [0.29, 0.717) is 34.2 Å². The minimum atomic E-state index is -3.76. The SMILES string of the molecule is Cc1ccc(S(=O)(=O)c2ccccc2)cc1-c1cc2cnc(Nc3ccc(NC4CCNCC4)cc3)nc2n(C(C)C)c1=O. The molecule has 0 radical (unpaired) electrons. The van der Waals surface area contributed by atoms with E-state index in [1.165, 1.54) is 0 Å². The Bertz CT molecular complexity index is 1970. The molecule has 44 heavy (non-hydrogen) atoms. The summed E-state index contributed by atoms with van der Waals surface area (Å²) in [6, 6.07) is 23.3. The second-order valence-corrected chi connectivity index (χ2v) is 13.4. The summed E-state index contributed by atoms with van der Waals surface area (Å²) in [7, 11) is -3.76. The van der Waals surface area contributed by atoms with E-state index in [9.17, 15) is 13.2 Å². The number of aromatic nitrogens is 3. The van der Waals surface area contributed by atoms with Gasteiger partial charge in [0.25, 0.3) is 5.56 Å². The zero-order valence-corrected chi connectivity index (χ0v) is 25.9. The lowest BCUT2D eigenvalue weighted by Crippen LogP contribution is -2.35. The summed E-state index contributed by atoms with van der Waals surface area (Å²) in [6.45, 7) is 7.78. The third-order valence-electron chi connectivity index (χ3n) is 8.00. The second kappa shape index (κ2) is 12.2. The molecule has 0 saturated carbocycles. The Hall–Kier alpha value is -4.54. The highest BCUT2D eigenvalue weighted by atomic mass is 32.2. The standard InChI is InChI=1S/C34H36N6O3S/c1-22(2)40-32-24(21-36-34(39-32)38-26-12-10-25(11-13-26)37-27-15-17-35-18-16-27)19-31(33(40)41)30-20-29(14-9-23(30)3)44(42,43)28-7-5-4-6-8-28/h4-14,19-22,27,35,37H,15-18H2,1-3H3,(H,36,38,39). The lowest BCUT2D eigenvalue weighted by Gasteiger charge is -2.24. The number of nitrogens with zero attached hydrogens (tertiary/aromatic N) is 3. The third-order valence-corrected chi connectivity index (χ3v) is 9.77. The molecular weight excluding hydrogens is 572 g/mol. The molecule has 0 bridgehead atoms. The van der Waals surface area contributed by atoms with Gasteiger partial charge in [-0.3, -0.25) is 9.36 Å². The normalized spacial score (nSPS) is 14.2. The minimum absolute atomic E-state index is 0.132. The van der Waals surface area contributed by atoms with Crippen molar-refractivity contribution in [3.63, 3.8) is 0 Å². The van der Waals surface area contributed by atoms with Gasteiger partial charge in [0.1, 0.15) is 5.65 Å². The van der Waals surface area contributed by atoms with Gasteiger partial charge in [0.15, 0.2) is 0 Å². The largest absolute Gasteiger partial charge is 0.382 e. The van der Waals surface area contributed by atoms with Crippen LogP contribution in [-0.4, -0.2) is 42.1 Å². The van der Waals surface area contributed by atoms with Crippen LogP contribution in [-0.2, 0) is 9.84 Å². The Balaban J connectivity index is 1.34. The first-order valence-corrected chi connectivity index (χ1v) is 16.4. The van der Waals surface area contributed by atoms with E-state index in [1.807, 2.05) is 45.0 Å². The number of nitrogens with one attached hydrogen (secondary N) is 3. The topological polar surface area (TPSA) is 118 Å². The smallest absolute Gasteiger partial charge is 0.260 e. The Morgan fingerprint density at radius 2 is 1.59 bits per heavy atom. The molecule has 0 aliphatic carbocycles. The number of fused-ring (bicyclic) bond motifs is 1. The fraction of sp³-hybridized carbons (Fsp3) is 0.265. The van der Waals surface area contributed by atoms with Crippen LogP contribution in [0.2, 0.25) is 0 Å². The van der Waals surface area contributed by atoms with Crippen molar-refractivity contribution in [1.82, 2.24) is 19.9 Å². The molecule has 1 aliphatic rings. The van der Waals surface area contributed by atoms with Crippen molar-refractivity contribution in [3.8, 4) is 11.1 Å². The number of pyridine rings is 1. The predicted molar refractivity (Wildman–Crippen MR) is 175 cm³/mol. The van der Waals surface area contributed by atoms with Gasteiger partial charge < -0.3 is 16.0 Å². The average Bonchev–Trinajstić information content (AvgIpc) is 3.03. The van der Waals surface area contributed by atoms with Crippen LogP contribution in [0.4, 0.5) is 17.3 Å². The molecule has 1 fully saturated rings. The quantitative estimate of drug-likeness (QED) is 0.194. The Morgan fingerprint density at radius 3 is 2.30 bits per heavy atom. The van der Waals surface area contributed by atoms with Gasteiger partial charge in [0, 0.05) is 40.6 Å². The molecule has 3 aromatic carbocycles. The number of aryl methyl sites for hydroxylation is 1. The molecule has 9 nitrogen and oxygen atoms in total. The molecule has 2 aromatic heterocycles. The number of anilines is 3. The number of piperidine rings is 1. The molecule has 0 spiro atoms. The van der Waals surface area contributed by atoms with Crippen molar-refractivity contribution < 1.29 is 8.42 Å². The van der Waals surface area contributed by atoms with E-state index >= 15 is 0 Å². The van der Waals surface area contributed by atoms with Crippen LogP contribution >= 0.6 is 0 Å². The number of sulfone groups is 1. The zero-order chi connectivity index (χ0) is 30.8. The van der Waals surface area contributed by atoms with Crippen LogP contribution in [0.1, 0.15) is 38.3 Å². The first kappa shape index (κ1) is 29.5. The number of rotatable bonds is 8. The first-order valence-electron chi connectivity index (χ1n) is 14.9. The zero-order valence-electron chi connectivity index (χ0n) is 25.0. The lowest BCUT2D eigenvalue weighted by molar-refractivity contribution is 0.479. The van der Waals surface area contributed by atoms with Crippen LogP contribution < -0.4 is 21.5 Å². The van der Waals surface area contributed by atoms with Crippen molar-refractivity contribution in [1.29, 1.82) is 0 Å². The highest BCUT2D eigenvalue weighted by Gasteiger charge is 2.22.